The molecule has 0 spiro atoms. The molecule has 5 heteroatoms. The predicted molar refractivity (Wildman–Crippen MR) is 91.5 cm³/mol. The summed E-state index contributed by atoms with van der Waals surface area (Å²) < 4.78 is 10.7. The van der Waals surface area contributed by atoms with Crippen LogP contribution in [0.3, 0.4) is 0 Å². The number of hydrogen-bond acceptors (Lipinski definition) is 4. The summed E-state index contributed by atoms with van der Waals surface area (Å²) in [6.45, 7) is 6.65. The van der Waals surface area contributed by atoms with Crippen molar-refractivity contribution in [3.05, 3.63) is 30.0 Å². The van der Waals surface area contributed by atoms with Gasteiger partial charge in [-0.1, -0.05) is 13.8 Å². The summed E-state index contributed by atoms with van der Waals surface area (Å²) in [6.07, 6.45) is 2.75. The third kappa shape index (κ3) is 4.26. The molecule has 1 aromatic heterocycles. The molecule has 1 unspecified atom stereocenters. The molecule has 2 rings (SSSR count). The number of nitrogens with one attached hydrogen (secondary N) is 1. The van der Waals surface area contributed by atoms with Gasteiger partial charge in [-0.2, -0.15) is 0 Å². The Labute approximate surface area is 137 Å². The maximum Gasteiger partial charge on any atom is 0.225 e. The van der Waals surface area contributed by atoms with Crippen molar-refractivity contribution in [1.82, 2.24) is 5.32 Å². The summed E-state index contributed by atoms with van der Waals surface area (Å²) in [5.74, 6) is 1.15. The standard InChI is InChI=1S/C18H26N2O3/c1-12(2)9-18(3,11-19)20-17(21)7-13-10-23-16-8-14(22-4)5-6-15(13)16/h5-6,8,10,12H,7,9,11,19H2,1-4H3,(H,20,21). The number of carbonyl (C=O) groups excluding carboxylic acids is 1. The number of benzene rings is 1. The van der Waals surface area contributed by atoms with Crippen LogP contribution in [0.4, 0.5) is 0 Å². The normalized spacial score (nSPS) is 14.0. The van der Waals surface area contributed by atoms with Gasteiger partial charge in [0.25, 0.3) is 0 Å². The minimum absolute atomic E-state index is 0.0443. The number of furan rings is 1. The highest BCUT2D eigenvalue weighted by Crippen LogP contribution is 2.26. The van der Waals surface area contributed by atoms with Gasteiger partial charge in [-0.25, -0.2) is 0 Å². The van der Waals surface area contributed by atoms with E-state index in [1.807, 2.05) is 25.1 Å². The van der Waals surface area contributed by atoms with E-state index < -0.39 is 0 Å². The average Bonchev–Trinajstić information content (AvgIpc) is 2.88. The monoisotopic (exact) mass is 318 g/mol. The molecule has 5 nitrogen and oxygen atoms in total. The number of amides is 1. The Kier molecular flexibility index (Phi) is 5.31. The summed E-state index contributed by atoms with van der Waals surface area (Å²) >= 11 is 0. The number of nitrogens with two attached hydrogens (primary N) is 1. The fraction of sp³-hybridized carbons (Fsp3) is 0.500. The lowest BCUT2D eigenvalue weighted by molar-refractivity contribution is -0.122. The molecule has 0 aliphatic heterocycles. The summed E-state index contributed by atoms with van der Waals surface area (Å²) in [7, 11) is 1.61. The molecule has 23 heavy (non-hydrogen) atoms. The molecule has 0 radical (unpaired) electrons. The van der Waals surface area contributed by atoms with Crippen molar-refractivity contribution in [2.45, 2.75) is 39.2 Å². The van der Waals surface area contributed by atoms with Crippen LogP contribution in [0.2, 0.25) is 0 Å². The SMILES string of the molecule is COc1ccc2c(CC(=O)NC(C)(CN)CC(C)C)coc2c1. The Morgan fingerprint density at radius 1 is 1.43 bits per heavy atom. The molecule has 0 bridgehead atoms. The summed E-state index contributed by atoms with van der Waals surface area (Å²) in [4.78, 5) is 12.4. The molecule has 0 fully saturated rings. The molecule has 2 aromatic rings. The summed E-state index contributed by atoms with van der Waals surface area (Å²) in [5.41, 5.74) is 7.05. The van der Waals surface area contributed by atoms with Gasteiger partial charge in [0.15, 0.2) is 0 Å². The van der Waals surface area contributed by atoms with Crippen LogP contribution in [0.15, 0.2) is 28.9 Å². The molecule has 1 heterocycles. The van der Waals surface area contributed by atoms with E-state index >= 15 is 0 Å². The topological polar surface area (TPSA) is 77.5 Å². The van der Waals surface area contributed by atoms with Crippen molar-refractivity contribution in [2.24, 2.45) is 11.7 Å². The van der Waals surface area contributed by atoms with Gasteiger partial charge in [-0.3, -0.25) is 4.79 Å². The van der Waals surface area contributed by atoms with E-state index in [9.17, 15) is 4.79 Å². The van der Waals surface area contributed by atoms with E-state index in [-0.39, 0.29) is 17.9 Å². The van der Waals surface area contributed by atoms with Crippen molar-refractivity contribution in [3.63, 3.8) is 0 Å². The van der Waals surface area contributed by atoms with Gasteiger partial charge in [0.1, 0.15) is 11.3 Å². The Morgan fingerprint density at radius 2 is 2.17 bits per heavy atom. The quantitative estimate of drug-likeness (QED) is 0.823. The third-order valence-corrected chi connectivity index (χ3v) is 3.96. The summed E-state index contributed by atoms with van der Waals surface area (Å²) in [6, 6.07) is 5.60. The molecule has 0 aliphatic rings. The second kappa shape index (κ2) is 7.04. The number of rotatable bonds is 7. The highest BCUT2D eigenvalue weighted by atomic mass is 16.5. The van der Waals surface area contributed by atoms with Crippen LogP contribution in [0.25, 0.3) is 11.0 Å². The minimum Gasteiger partial charge on any atom is -0.497 e. The predicted octanol–water partition coefficient (Wildman–Crippen LogP) is 2.86. The molecule has 1 atom stereocenters. The Morgan fingerprint density at radius 3 is 2.78 bits per heavy atom. The van der Waals surface area contributed by atoms with Crippen LogP contribution < -0.4 is 15.8 Å². The van der Waals surface area contributed by atoms with Crippen molar-refractivity contribution in [1.29, 1.82) is 0 Å². The van der Waals surface area contributed by atoms with Gasteiger partial charge in [-0.15, -0.1) is 0 Å². The van der Waals surface area contributed by atoms with E-state index in [1.165, 1.54) is 0 Å². The van der Waals surface area contributed by atoms with Crippen LogP contribution in [-0.4, -0.2) is 25.1 Å². The Bertz CT molecular complexity index is 678. The molecule has 0 saturated heterocycles. The number of carbonyl (C=O) groups is 1. The van der Waals surface area contributed by atoms with Crippen molar-refractivity contribution < 1.29 is 13.9 Å². The van der Waals surface area contributed by atoms with Crippen LogP contribution >= 0.6 is 0 Å². The Hall–Kier alpha value is -2.01. The van der Waals surface area contributed by atoms with Gasteiger partial charge >= 0.3 is 0 Å². The third-order valence-electron chi connectivity index (χ3n) is 3.96. The fourth-order valence-corrected chi connectivity index (χ4v) is 2.97. The van der Waals surface area contributed by atoms with E-state index in [0.717, 1.165) is 28.7 Å². The molecule has 3 N–H and O–H groups in total. The van der Waals surface area contributed by atoms with Crippen LogP contribution in [-0.2, 0) is 11.2 Å². The largest absolute Gasteiger partial charge is 0.497 e. The zero-order valence-corrected chi connectivity index (χ0v) is 14.3. The average molecular weight is 318 g/mol. The number of fused-ring (bicyclic) bond motifs is 1. The van der Waals surface area contributed by atoms with E-state index in [1.54, 1.807) is 13.4 Å². The van der Waals surface area contributed by atoms with Crippen LogP contribution in [0, 0.1) is 5.92 Å². The maximum atomic E-state index is 12.4. The number of methoxy groups -OCH3 is 1. The van der Waals surface area contributed by atoms with E-state index in [2.05, 4.69) is 19.2 Å². The lowest BCUT2D eigenvalue weighted by Crippen LogP contribution is -2.52. The first kappa shape index (κ1) is 17.3. The zero-order chi connectivity index (χ0) is 17.0. The van der Waals surface area contributed by atoms with Gasteiger partial charge in [0, 0.05) is 29.1 Å². The lowest BCUT2D eigenvalue weighted by atomic mass is 9.90. The van der Waals surface area contributed by atoms with Crippen LogP contribution in [0.5, 0.6) is 5.75 Å². The molecule has 0 saturated carbocycles. The molecule has 126 valence electrons. The second-order valence-electron chi connectivity index (χ2n) is 6.71. The van der Waals surface area contributed by atoms with Gasteiger partial charge in [-0.05, 0) is 31.4 Å². The molecule has 1 amide bonds. The summed E-state index contributed by atoms with van der Waals surface area (Å²) in [5, 5.41) is 4.00. The molecular weight excluding hydrogens is 292 g/mol. The van der Waals surface area contributed by atoms with Gasteiger partial charge in [0.05, 0.1) is 19.8 Å². The van der Waals surface area contributed by atoms with Crippen LogP contribution in [0.1, 0.15) is 32.8 Å². The number of hydrogen-bond donors (Lipinski definition) is 2. The fourth-order valence-electron chi connectivity index (χ4n) is 2.97. The first-order valence-corrected chi connectivity index (χ1v) is 7.92. The Balaban J connectivity index is 2.11. The van der Waals surface area contributed by atoms with Crippen molar-refractivity contribution >= 4 is 16.9 Å². The van der Waals surface area contributed by atoms with Gasteiger partial charge in [0.2, 0.25) is 5.91 Å². The number of ether oxygens (including phenoxy) is 1. The van der Waals surface area contributed by atoms with E-state index in [4.69, 9.17) is 14.9 Å². The smallest absolute Gasteiger partial charge is 0.225 e. The molecule has 0 aliphatic carbocycles. The van der Waals surface area contributed by atoms with Gasteiger partial charge < -0.3 is 20.2 Å². The maximum absolute atomic E-state index is 12.4. The first-order valence-electron chi connectivity index (χ1n) is 7.92. The van der Waals surface area contributed by atoms with Crippen molar-refractivity contribution in [3.8, 4) is 5.75 Å². The molecule has 1 aromatic carbocycles. The minimum atomic E-state index is -0.381. The highest BCUT2D eigenvalue weighted by Gasteiger charge is 2.26. The lowest BCUT2D eigenvalue weighted by Gasteiger charge is -2.31. The molecular formula is C18H26N2O3. The zero-order valence-electron chi connectivity index (χ0n) is 14.3. The second-order valence-corrected chi connectivity index (χ2v) is 6.71. The van der Waals surface area contributed by atoms with Crippen molar-refractivity contribution in [2.75, 3.05) is 13.7 Å². The highest BCUT2D eigenvalue weighted by molar-refractivity contribution is 5.88. The first-order chi connectivity index (χ1) is 10.9. The van der Waals surface area contributed by atoms with E-state index in [0.29, 0.717) is 12.5 Å².